The van der Waals surface area contributed by atoms with Gasteiger partial charge in [-0.1, -0.05) is 42.5 Å². The van der Waals surface area contributed by atoms with Crippen molar-refractivity contribution in [3.05, 3.63) is 88.6 Å². The smallest absolute Gasteiger partial charge is 0.352 e. The van der Waals surface area contributed by atoms with Gasteiger partial charge in [-0.15, -0.1) is 0 Å². The van der Waals surface area contributed by atoms with Gasteiger partial charge < -0.3 is 29.2 Å². The first-order chi connectivity index (χ1) is 17.0. The summed E-state index contributed by atoms with van der Waals surface area (Å²) in [5.41, 5.74) is 5.11. The lowest BCUT2D eigenvalue weighted by molar-refractivity contribution is 0.0684. The van der Waals surface area contributed by atoms with E-state index in [1.165, 1.54) is 0 Å². The summed E-state index contributed by atoms with van der Waals surface area (Å²) in [7, 11) is 4.73. The number of hydrogen-bond donors (Lipinski definition) is 2. The van der Waals surface area contributed by atoms with Crippen LogP contribution in [0.2, 0.25) is 0 Å². The van der Waals surface area contributed by atoms with Crippen molar-refractivity contribution in [2.45, 2.75) is 26.6 Å². The van der Waals surface area contributed by atoms with Crippen LogP contribution in [-0.4, -0.2) is 37.0 Å². The second-order valence-corrected chi connectivity index (χ2v) is 8.30. The molecule has 0 aliphatic carbocycles. The predicted octanol–water partition coefficient (Wildman–Crippen LogP) is 5.01. The molecule has 0 aliphatic rings. The van der Waals surface area contributed by atoms with Gasteiger partial charge in [0.2, 0.25) is 5.75 Å². The summed E-state index contributed by atoms with van der Waals surface area (Å²) in [5, 5.41) is 14.5. The molecule has 0 fully saturated rings. The number of nitrogens with one attached hydrogen (secondary N) is 1. The molecule has 7 heteroatoms. The van der Waals surface area contributed by atoms with Crippen molar-refractivity contribution in [3.63, 3.8) is 0 Å². The summed E-state index contributed by atoms with van der Waals surface area (Å²) in [6, 6.07) is 19.7. The van der Waals surface area contributed by atoms with Gasteiger partial charge in [0.25, 0.3) is 0 Å². The van der Waals surface area contributed by atoms with Crippen LogP contribution in [0.1, 0.15) is 32.7 Å². The fraction of sp³-hybridized carbons (Fsp3) is 0.250. The van der Waals surface area contributed by atoms with Gasteiger partial charge in [0, 0.05) is 36.1 Å². The number of carboxylic acid groups (broad SMARTS) is 1. The molecule has 0 atom stereocenters. The molecule has 1 heterocycles. The zero-order chi connectivity index (χ0) is 24.9. The molecule has 182 valence electrons. The van der Waals surface area contributed by atoms with Crippen molar-refractivity contribution >= 4 is 16.9 Å². The second kappa shape index (κ2) is 10.5. The van der Waals surface area contributed by atoms with E-state index in [9.17, 15) is 9.90 Å². The zero-order valence-electron chi connectivity index (χ0n) is 20.4. The number of rotatable bonds is 10. The minimum Gasteiger partial charge on any atom is -0.493 e. The minimum atomic E-state index is -0.945. The molecule has 35 heavy (non-hydrogen) atoms. The van der Waals surface area contributed by atoms with E-state index < -0.39 is 5.97 Å². The van der Waals surface area contributed by atoms with Crippen molar-refractivity contribution < 1.29 is 24.1 Å². The number of para-hydroxylation sites is 1. The molecular weight excluding hydrogens is 444 g/mol. The van der Waals surface area contributed by atoms with Crippen molar-refractivity contribution in [1.82, 2.24) is 9.88 Å². The molecule has 0 bridgehead atoms. The number of carboxylic acids is 1. The average molecular weight is 475 g/mol. The third kappa shape index (κ3) is 4.81. The van der Waals surface area contributed by atoms with E-state index in [1.807, 2.05) is 72.2 Å². The fourth-order valence-electron chi connectivity index (χ4n) is 4.49. The number of carbonyl (C=O) groups is 1. The van der Waals surface area contributed by atoms with Crippen molar-refractivity contribution in [3.8, 4) is 17.2 Å². The minimum absolute atomic E-state index is 0.298. The van der Waals surface area contributed by atoms with Gasteiger partial charge in [0.15, 0.2) is 11.5 Å². The van der Waals surface area contributed by atoms with E-state index in [0.29, 0.717) is 42.6 Å². The second-order valence-electron chi connectivity index (χ2n) is 8.30. The Labute approximate surface area is 204 Å². The molecule has 0 unspecified atom stereocenters. The van der Waals surface area contributed by atoms with Crippen molar-refractivity contribution in [1.29, 1.82) is 0 Å². The van der Waals surface area contributed by atoms with Gasteiger partial charge in [-0.25, -0.2) is 4.79 Å². The molecule has 1 aromatic heterocycles. The molecule has 0 radical (unpaired) electrons. The number of methoxy groups -OCH3 is 3. The SMILES string of the molecule is COc1cc(CNCc2c(C(=O)O)n(Cc3ccccc3C)c3ccccc23)cc(OC)c1OC. The fourth-order valence-corrected chi connectivity index (χ4v) is 4.49. The topological polar surface area (TPSA) is 82.0 Å². The quantitative estimate of drug-likeness (QED) is 0.336. The van der Waals surface area contributed by atoms with Crippen LogP contribution in [0.3, 0.4) is 0 Å². The van der Waals surface area contributed by atoms with Crippen LogP contribution in [-0.2, 0) is 19.6 Å². The first kappa shape index (κ1) is 24.2. The normalized spacial score (nSPS) is 11.0. The Morgan fingerprint density at radius 3 is 2.20 bits per heavy atom. The number of fused-ring (bicyclic) bond motifs is 1. The molecule has 0 saturated heterocycles. The lowest BCUT2D eigenvalue weighted by atomic mass is 10.1. The number of aromatic nitrogens is 1. The van der Waals surface area contributed by atoms with Crippen LogP contribution in [0.15, 0.2) is 60.7 Å². The predicted molar refractivity (Wildman–Crippen MR) is 136 cm³/mol. The number of hydrogen-bond acceptors (Lipinski definition) is 5. The van der Waals surface area contributed by atoms with Gasteiger partial charge in [-0.05, 0) is 41.8 Å². The summed E-state index contributed by atoms with van der Waals surface area (Å²) in [4.78, 5) is 12.5. The van der Waals surface area contributed by atoms with E-state index >= 15 is 0 Å². The van der Waals surface area contributed by atoms with Crippen LogP contribution in [0, 0.1) is 6.92 Å². The van der Waals surface area contributed by atoms with Gasteiger partial charge >= 0.3 is 5.97 Å². The van der Waals surface area contributed by atoms with Crippen LogP contribution in [0.4, 0.5) is 0 Å². The average Bonchev–Trinajstić information content (AvgIpc) is 3.18. The molecule has 0 saturated carbocycles. The zero-order valence-corrected chi connectivity index (χ0v) is 20.4. The van der Waals surface area contributed by atoms with Crippen LogP contribution in [0.25, 0.3) is 10.9 Å². The summed E-state index contributed by atoms with van der Waals surface area (Å²) < 4.78 is 18.2. The summed E-state index contributed by atoms with van der Waals surface area (Å²) in [5.74, 6) is 0.736. The number of aryl methyl sites for hydroxylation is 1. The lowest BCUT2D eigenvalue weighted by Gasteiger charge is -2.14. The third-order valence-electron chi connectivity index (χ3n) is 6.22. The van der Waals surface area contributed by atoms with E-state index in [-0.39, 0.29) is 0 Å². The standard InChI is InChI=1S/C28H30N2O5/c1-18-9-5-6-10-20(18)17-30-23-12-8-7-11-21(23)22(26(30)28(31)32)16-29-15-19-13-24(33-2)27(35-4)25(14-19)34-3/h5-14,29H,15-17H2,1-4H3,(H,31,32). The maximum absolute atomic E-state index is 12.5. The Bertz CT molecular complexity index is 1330. The monoisotopic (exact) mass is 474 g/mol. The number of ether oxygens (including phenoxy) is 3. The summed E-state index contributed by atoms with van der Waals surface area (Å²) in [6.07, 6.45) is 0. The highest BCUT2D eigenvalue weighted by Crippen LogP contribution is 2.38. The van der Waals surface area contributed by atoms with Gasteiger partial charge in [-0.3, -0.25) is 0 Å². The number of benzene rings is 3. The van der Waals surface area contributed by atoms with E-state index in [4.69, 9.17) is 14.2 Å². The Morgan fingerprint density at radius 1 is 0.914 bits per heavy atom. The van der Waals surface area contributed by atoms with Crippen molar-refractivity contribution in [2.75, 3.05) is 21.3 Å². The van der Waals surface area contributed by atoms with Crippen LogP contribution < -0.4 is 19.5 Å². The highest BCUT2D eigenvalue weighted by atomic mass is 16.5. The first-order valence-electron chi connectivity index (χ1n) is 11.4. The van der Waals surface area contributed by atoms with Crippen LogP contribution in [0.5, 0.6) is 17.2 Å². The third-order valence-corrected chi connectivity index (χ3v) is 6.22. The molecule has 0 amide bonds. The largest absolute Gasteiger partial charge is 0.493 e. The van der Waals surface area contributed by atoms with Gasteiger partial charge in [0.05, 0.1) is 21.3 Å². The molecular formula is C28H30N2O5. The van der Waals surface area contributed by atoms with Gasteiger partial charge in [0.1, 0.15) is 5.69 Å². The number of nitrogens with zero attached hydrogens (tertiary/aromatic N) is 1. The first-order valence-corrected chi connectivity index (χ1v) is 11.4. The van der Waals surface area contributed by atoms with Gasteiger partial charge in [-0.2, -0.15) is 0 Å². The number of aromatic carboxylic acids is 1. The maximum atomic E-state index is 12.5. The molecule has 4 rings (SSSR count). The van der Waals surface area contributed by atoms with E-state index in [2.05, 4.69) is 5.32 Å². The molecule has 3 aromatic carbocycles. The van der Waals surface area contributed by atoms with Crippen LogP contribution >= 0.6 is 0 Å². The van der Waals surface area contributed by atoms with E-state index in [1.54, 1.807) is 21.3 Å². The molecule has 2 N–H and O–H groups in total. The molecule has 4 aromatic rings. The summed E-state index contributed by atoms with van der Waals surface area (Å²) in [6.45, 7) is 3.41. The highest BCUT2D eigenvalue weighted by molar-refractivity contribution is 5.98. The Balaban J connectivity index is 1.67. The van der Waals surface area contributed by atoms with Crippen molar-refractivity contribution in [2.24, 2.45) is 0 Å². The van der Waals surface area contributed by atoms with E-state index in [0.717, 1.165) is 33.2 Å². The molecule has 0 spiro atoms. The maximum Gasteiger partial charge on any atom is 0.352 e. The Kier molecular flexibility index (Phi) is 7.27. The Morgan fingerprint density at radius 2 is 1.57 bits per heavy atom. The highest BCUT2D eigenvalue weighted by Gasteiger charge is 2.22. The Hall–Kier alpha value is -3.97. The lowest BCUT2D eigenvalue weighted by Crippen LogP contribution is -2.17. The molecule has 0 aliphatic heterocycles. The molecule has 7 nitrogen and oxygen atoms in total. The summed E-state index contributed by atoms with van der Waals surface area (Å²) >= 11 is 0.